The lowest BCUT2D eigenvalue weighted by molar-refractivity contribution is 0.191. The summed E-state index contributed by atoms with van der Waals surface area (Å²) in [6, 6.07) is 11.3. The molecular weight excluding hydrogens is 320 g/mol. The number of nitrogens with one attached hydrogen (secondary N) is 1. The van der Waals surface area contributed by atoms with Gasteiger partial charge in [0.2, 0.25) is 5.88 Å². The van der Waals surface area contributed by atoms with Crippen molar-refractivity contribution in [1.29, 1.82) is 0 Å². The van der Waals surface area contributed by atoms with Gasteiger partial charge in [-0.05, 0) is 30.7 Å². The minimum absolute atomic E-state index is 0.423. The number of anilines is 1. The largest absolute Gasteiger partial charge is 0.478 e. The molecule has 1 heterocycles. The highest BCUT2D eigenvalue weighted by atomic mass is 79.9. The Bertz CT molecular complexity index is 546. The van der Waals surface area contributed by atoms with E-state index in [1.54, 1.807) is 12.3 Å². The van der Waals surface area contributed by atoms with E-state index in [1.807, 2.05) is 37.3 Å². The number of aromatic nitrogens is 1. The molecule has 2 rings (SSSR count). The molecule has 1 aromatic carbocycles. The Morgan fingerprint density at radius 2 is 2.20 bits per heavy atom. The Morgan fingerprint density at radius 1 is 1.35 bits per heavy atom. The summed E-state index contributed by atoms with van der Waals surface area (Å²) in [4.78, 5) is 4.16. The molecule has 20 heavy (non-hydrogen) atoms. The molecule has 4 nitrogen and oxygen atoms in total. The third-order valence-corrected chi connectivity index (χ3v) is 3.25. The Morgan fingerprint density at radius 3 is 2.85 bits per heavy atom. The zero-order valence-corrected chi connectivity index (χ0v) is 12.8. The summed E-state index contributed by atoms with van der Waals surface area (Å²) >= 11 is 3.39. The standard InChI is InChI=1S/C15H17BrN2O2/c1-2-20-15-7-6-13(9-18-15)17-10-14(19)11-4-3-5-12(16)8-11/h3-9,14,17,19H,2,10H2,1H3. The van der Waals surface area contributed by atoms with Crippen LogP contribution in [0.2, 0.25) is 0 Å². The summed E-state index contributed by atoms with van der Waals surface area (Å²) in [6.45, 7) is 2.94. The van der Waals surface area contributed by atoms with Crippen LogP contribution in [0, 0.1) is 0 Å². The van der Waals surface area contributed by atoms with E-state index in [1.165, 1.54) is 0 Å². The van der Waals surface area contributed by atoms with Gasteiger partial charge in [-0.2, -0.15) is 0 Å². The Labute approximate surface area is 126 Å². The molecule has 0 aliphatic rings. The monoisotopic (exact) mass is 336 g/mol. The fraction of sp³-hybridized carbons (Fsp3) is 0.267. The first-order valence-electron chi connectivity index (χ1n) is 6.45. The van der Waals surface area contributed by atoms with Crippen molar-refractivity contribution in [2.45, 2.75) is 13.0 Å². The normalized spacial score (nSPS) is 11.9. The number of halogens is 1. The Balaban J connectivity index is 1.91. The summed E-state index contributed by atoms with van der Waals surface area (Å²) in [6.07, 6.45) is 1.12. The van der Waals surface area contributed by atoms with Crippen molar-refractivity contribution in [3.05, 3.63) is 52.6 Å². The average molecular weight is 337 g/mol. The fourth-order valence-corrected chi connectivity index (χ4v) is 2.18. The molecule has 0 amide bonds. The minimum atomic E-state index is -0.570. The molecule has 0 aliphatic heterocycles. The second kappa shape index (κ2) is 7.26. The molecule has 1 atom stereocenters. The Kier molecular flexibility index (Phi) is 5.38. The molecule has 2 aromatic rings. The number of nitrogens with zero attached hydrogens (tertiary/aromatic N) is 1. The molecule has 0 spiro atoms. The van der Waals surface area contributed by atoms with Crippen LogP contribution in [0.4, 0.5) is 5.69 Å². The number of benzene rings is 1. The van der Waals surface area contributed by atoms with Gasteiger partial charge in [-0.25, -0.2) is 4.98 Å². The van der Waals surface area contributed by atoms with Gasteiger partial charge in [-0.15, -0.1) is 0 Å². The number of aliphatic hydroxyl groups excluding tert-OH is 1. The highest BCUT2D eigenvalue weighted by Crippen LogP contribution is 2.19. The van der Waals surface area contributed by atoms with Crippen LogP contribution in [0.1, 0.15) is 18.6 Å². The Hall–Kier alpha value is -1.59. The van der Waals surface area contributed by atoms with Crippen LogP contribution in [-0.4, -0.2) is 23.2 Å². The quantitative estimate of drug-likeness (QED) is 0.848. The maximum atomic E-state index is 10.1. The molecule has 1 aromatic heterocycles. The van der Waals surface area contributed by atoms with E-state index >= 15 is 0 Å². The van der Waals surface area contributed by atoms with Crippen LogP contribution in [-0.2, 0) is 0 Å². The first-order chi connectivity index (χ1) is 9.69. The van der Waals surface area contributed by atoms with E-state index in [0.29, 0.717) is 19.0 Å². The van der Waals surface area contributed by atoms with Crippen LogP contribution in [0.25, 0.3) is 0 Å². The maximum absolute atomic E-state index is 10.1. The van der Waals surface area contributed by atoms with Gasteiger partial charge >= 0.3 is 0 Å². The number of pyridine rings is 1. The molecule has 2 N–H and O–H groups in total. The molecule has 106 valence electrons. The number of aliphatic hydroxyl groups is 1. The molecule has 0 aliphatic carbocycles. The SMILES string of the molecule is CCOc1ccc(NCC(O)c2cccc(Br)c2)cn1. The third-order valence-electron chi connectivity index (χ3n) is 2.76. The predicted molar refractivity (Wildman–Crippen MR) is 83.0 cm³/mol. The predicted octanol–water partition coefficient (Wildman–Crippen LogP) is 3.39. The first kappa shape index (κ1) is 14.8. The van der Waals surface area contributed by atoms with Crippen molar-refractivity contribution in [1.82, 2.24) is 4.98 Å². The number of hydrogen-bond acceptors (Lipinski definition) is 4. The second-order valence-corrected chi connectivity index (χ2v) is 5.19. The smallest absolute Gasteiger partial charge is 0.213 e. The molecule has 0 saturated heterocycles. The maximum Gasteiger partial charge on any atom is 0.213 e. The van der Waals surface area contributed by atoms with E-state index in [4.69, 9.17) is 4.74 Å². The van der Waals surface area contributed by atoms with Crippen molar-refractivity contribution >= 4 is 21.6 Å². The van der Waals surface area contributed by atoms with Crippen LogP contribution in [0.15, 0.2) is 47.1 Å². The van der Waals surface area contributed by atoms with Crippen LogP contribution >= 0.6 is 15.9 Å². The summed E-state index contributed by atoms with van der Waals surface area (Å²) in [5.41, 5.74) is 1.72. The van der Waals surface area contributed by atoms with Gasteiger partial charge in [0.15, 0.2) is 0 Å². The van der Waals surface area contributed by atoms with Crippen molar-refractivity contribution in [2.24, 2.45) is 0 Å². The van der Waals surface area contributed by atoms with Crippen molar-refractivity contribution in [3.8, 4) is 5.88 Å². The minimum Gasteiger partial charge on any atom is -0.478 e. The van der Waals surface area contributed by atoms with E-state index in [2.05, 4.69) is 26.2 Å². The number of ether oxygens (including phenoxy) is 1. The van der Waals surface area contributed by atoms with Gasteiger partial charge in [-0.3, -0.25) is 0 Å². The lowest BCUT2D eigenvalue weighted by Crippen LogP contribution is -2.12. The summed E-state index contributed by atoms with van der Waals surface area (Å²) in [5.74, 6) is 0.602. The van der Waals surface area contributed by atoms with Gasteiger partial charge < -0.3 is 15.2 Å². The molecule has 0 fully saturated rings. The highest BCUT2D eigenvalue weighted by Gasteiger charge is 2.07. The van der Waals surface area contributed by atoms with Gasteiger partial charge in [0, 0.05) is 17.1 Å². The van der Waals surface area contributed by atoms with E-state index in [0.717, 1.165) is 15.7 Å². The van der Waals surface area contributed by atoms with E-state index in [-0.39, 0.29) is 0 Å². The lowest BCUT2D eigenvalue weighted by Gasteiger charge is -2.13. The summed E-state index contributed by atoms with van der Waals surface area (Å²) in [7, 11) is 0. The van der Waals surface area contributed by atoms with E-state index in [9.17, 15) is 5.11 Å². The van der Waals surface area contributed by atoms with Crippen LogP contribution < -0.4 is 10.1 Å². The van der Waals surface area contributed by atoms with Crippen LogP contribution in [0.5, 0.6) is 5.88 Å². The van der Waals surface area contributed by atoms with Gasteiger partial charge in [0.25, 0.3) is 0 Å². The summed E-state index contributed by atoms with van der Waals surface area (Å²) in [5, 5.41) is 13.3. The molecule has 0 saturated carbocycles. The highest BCUT2D eigenvalue weighted by molar-refractivity contribution is 9.10. The molecule has 5 heteroatoms. The van der Waals surface area contributed by atoms with Gasteiger partial charge in [-0.1, -0.05) is 28.1 Å². The van der Waals surface area contributed by atoms with E-state index < -0.39 is 6.10 Å². The number of rotatable bonds is 6. The van der Waals surface area contributed by atoms with Crippen molar-refractivity contribution < 1.29 is 9.84 Å². The van der Waals surface area contributed by atoms with Crippen molar-refractivity contribution in [3.63, 3.8) is 0 Å². The molecular formula is C15H17BrN2O2. The third kappa shape index (κ3) is 4.21. The average Bonchev–Trinajstić information content (AvgIpc) is 2.46. The van der Waals surface area contributed by atoms with Crippen molar-refractivity contribution in [2.75, 3.05) is 18.5 Å². The van der Waals surface area contributed by atoms with Gasteiger partial charge in [0.05, 0.1) is 24.6 Å². The van der Waals surface area contributed by atoms with Crippen LogP contribution in [0.3, 0.4) is 0 Å². The topological polar surface area (TPSA) is 54.4 Å². The second-order valence-electron chi connectivity index (χ2n) is 4.27. The van der Waals surface area contributed by atoms with Gasteiger partial charge in [0.1, 0.15) is 0 Å². The first-order valence-corrected chi connectivity index (χ1v) is 7.24. The molecule has 1 unspecified atom stereocenters. The molecule has 0 bridgehead atoms. The lowest BCUT2D eigenvalue weighted by atomic mass is 10.1. The fourth-order valence-electron chi connectivity index (χ4n) is 1.76. The zero-order valence-electron chi connectivity index (χ0n) is 11.2. The summed E-state index contributed by atoms with van der Waals surface area (Å²) < 4.78 is 6.23. The molecule has 0 radical (unpaired) electrons. The zero-order chi connectivity index (χ0) is 14.4. The number of hydrogen-bond donors (Lipinski definition) is 2.